The zero-order chi connectivity index (χ0) is 19.4. The number of carbonyl (C=O) groups is 3. The molecular weight excluding hydrogens is 349 g/mol. The molecule has 0 aliphatic carbocycles. The van der Waals surface area contributed by atoms with Gasteiger partial charge in [-0.2, -0.15) is 0 Å². The molecule has 1 aromatic rings. The molecular formula is C20H26FN3O3. The first-order valence-corrected chi connectivity index (χ1v) is 9.66. The number of rotatable bonds is 4. The van der Waals surface area contributed by atoms with Gasteiger partial charge in [0.15, 0.2) is 0 Å². The van der Waals surface area contributed by atoms with E-state index in [1.807, 2.05) is 0 Å². The number of urea groups is 1. The van der Waals surface area contributed by atoms with Crippen LogP contribution in [0.1, 0.15) is 51.0 Å². The highest BCUT2D eigenvalue weighted by molar-refractivity contribution is 6.09. The van der Waals surface area contributed by atoms with Crippen LogP contribution in [0.3, 0.4) is 0 Å². The number of hydrogen-bond acceptors (Lipinski definition) is 3. The highest BCUT2D eigenvalue weighted by atomic mass is 19.1. The lowest BCUT2D eigenvalue weighted by Gasteiger charge is -2.27. The third-order valence-electron chi connectivity index (χ3n) is 5.55. The molecule has 27 heavy (non-hydrogen) atoms. The maximum Gasteiger partial charge on any atom is 0.325 e. The van der Waals surface area contributed by atoms with Crippen LogP contribution in [0.2, 0.25) is 0 Å². The number of benzene rings is 1. The van der Waals surface area contributed by atoms with Gasteiger partial charge in [-0.15, -0.1) is 0 Å². The lowest BCUT2D eigenvalue weighted by atomic mass is 9.87. The van der Waals surface area contributed by atoms with Gasteiger partial charge in [-0.05, 0) is 37.0 Å². The summed E-state index contributed by atoms with van der Waals surface area (Å²) in [5.41, 5.74) is -0.729. The Morgan fingerprint density at radius 2 is 1.67 bits per heavy atom. The molecule has 6 nitrogen and oxygen atoms in total. The van der Waals surface area contributed by atoms with Crippen molar-refractivity contribution in [3.63, 3.8) is 0 Å². The van der Waals surface area contributed by atoms with Crippen molar-refractivity contribution in [2.45, 2.75) is 51.0 Å². The Labute approximate surface area is 158 Å². The molecule has 2 heterocycles. The van der Waals surface area contributed by atoms with Gasteiger partial charge in [-0.1, -0.05) is 38.3 Å². The lowest BCUT2D eigenvalue weighted by molar-refractivity contribution is -0.139. The molecule has 3 rings (SSSR count). The normalized spacial score (nSPS) is 23.8. The van der Waals surface area contributed by atoms with Gasteiger partial charge in [0.2, 0.25) is 5.91 Å². The SMILES string of the molecule is CC[C@]1(c2ccc(F)cc2)NC(=O)N(CC(=O)N2CCCCCCC2)C1=O. The molecule has 146 valence electrons. The fourth-order valence-corrected chi connectivity index (χ4v) is 3.88. The van der Waals surface area contributed by atoms with E-state index in [9.17, 15) is 18.8 Å². The molecule has 1 atom stereocenters. The highest BCUT2D eigenvalue weighted by Gasteiger charge is 2.51. The minimum absolute atomic E-state index is 0.202. The van der Waals surface area contributed by atoms with Crippen molar-refractivity contribution in [3.8, 4) is 0 Å². The van der Waals surface area contributed by atoms with Gasteiger partial charge in [0.25, 0.3) is 5.91 Å². The van der Waals surface area contributed by atoms with Gasteiger partial charge in [-0.25, -0.2) is 9.18 Å². The van der Waals surface area contributed by atoms with Crippen molar-refractivity contribution in [1.82, 2.24) is 15.1 Å². The minimum Gasteiger partial charge on any atom is -0.341 e. The third-order valence-corrected chi connectivity index (χ3v) is 5.55. The highest BCUT2D eigenvalue weighted by Crippen LogP contribution is 2.32. The molecule has 2 aliphatic rings. The van der Waals surface area contributed by atoms with Crippen LogP contribution < -0.4 is 5.32 Å². The number of nitrogens with one attached hydrogen (secondary N) is 1. The fraction of sp³-hybridized carbons (Fsp3) is 0.550. The summed E-state index contributed by atoms with van der Waals surface area (Å²) in [5, 5.41) is 2.73. The summed E-state index contributed by atoms with van der Waals surface area (Å²) >= 11 is 0. The summed E-state index contributed by atoms with van der Waals surface area (Å²) in [7, 11) is 0. The van der Waals surface area contributed by atoms with E-state index >= 15 is 0 Å². The molecule has 2 fully saturated rings. The number of nitrogens with zero attached hydrogens (tertiary/aromatic N) is 2. The lowest BCUT2D eigenvalue weighted by Crippen LogP contribution is -2.46. The summed E-state index contributed by atoms with van der Waals surface area (Å²) in [6.45, 7) is 2.86. The van der Waals surface area contributed by atoms with Crippen molar-refractivity contribution in [3.05, 3.63) is 35.6 Å². The van der Waals surface area contributed by atoms with Gasteiger partial charge in [0, 0.05) is 13.1 Å². The average molecular weight is 375 g/mol. The second-order valence-electron chi connectivity index (χ2n) is 7.24. The molecule has 2 aliphatic heterocycles. The number of imide groups is 1. The number of amides is 4. The van der Waals surface area contributed by atoms with Crippen molar-refractivity contribution in [2.75, 3.05) is 19.6 Å². The van der Waals surface area contributed by atoms with Crippen LogP contribution in [0.15, 0.2) is 24.3 Å². The van der Waals surface area contributed by atoms with Crippen LogP contribution in [-0.4, -0.2) is 47.3 Å². The van der Waals surface area contributed by atoms with Crippen LogP contribution in [0.5, 0.6) is 0 Å². The van der Waals surface area contributed by atoms with Crippen molar-refractivity contribution < 1.29 is 18.8 Å². The minimum atomic E-state index is -1.25. The topological polar surface area (TPSA) is 69.7 Å². The molecule has 7 heteroatoms. The summed E-state index contributed by atoms with van der Waals surface area (Å²) in [6.07, 6.45) is 5.58. The Morgan fingerprint density at radius 3 is 2.26 bits per heavy atom. The first-order valence-electron chi connectivity index (χ1n) is 9.66. The van der Waals surface area contributed by atoms with Crippen LogP contribution in [0.4, 0.5) is 9.18 Å². The molecule has 1 aromatic carbocycles. The zero-order valence-electron chi connectivity index (χ0n) is 15.7. The van der Waals surface area contributed by atoms with Gasteiger partial charge >= 0.3 is 6.03 Å². The van der Waals surface area contributed by atoms with Crippen molar-refractivity contribution >= 4 is 17.8 Å². The molecule has 2 saturated heterocycles. The molecule has 0 saturated carbocycles. The average Bonchev–Trinajstić information content (AvgIpc) is 2.87. The predicted octanol–water partition coefficient (Wildman–Crippen LogP) is 2.78. The van der Waals surface area contributed by atoms with E-state index in [0.29, 0.717) is 25.1 Å². The van der Waals surface area contributed by atoms with E-state index in [2.05, 4.69) is 5.32 Å². The van der Waals surface area contributed by atoms with Gasteiger partial charge in [-0.3, -0.25) is 14.5 Å². The third kappa shape index (κ3) is 3.82. The maximum atomic E-state index is 13.3. The maximum absolute atomic E-state index is 13.3. The van der Waals surface area contributed by atoms with E-state index in [-0.39, 0.29) is 12.5 Å². The van der Waals surface area contributed by atoms with Crippen LogP contribution >= 0.6 is 0 Å². The van der Waals surface area contributed by atoms with E-state index in [1.54, 1.807) is 11.8 Å². The van der Waals surface area contributed by atoms with Crippen LogP contribution in [-0.2, 0) is 15.1 Å². The van der Waals surface area contributed by atoms with Gasteiger partial charge in [0.05, 0.1) is 0 Å². The molecule has 0 spiro atoms. The number of likely N-dealkylation sites (tertiary alicyclic amines) is 1. The van der Waals surface area contributed by atoms with Gasteiger partial charge < -0.3 is 10.2 Å². The monoisotopic (exact) mass is 375 g/mol. The first kappa shape index (κ1) is 19.3. The van der Waals surface area contributed by atoms with Crippen molar-refractivity contribution in [1.29, 1.82) is 0 Å². The Hall–Kier alpha value is -2.44. The van der Waals surface area contributed by atoms with Crippen LogP contribution in [0.25, 0.3) is 0 Å². The zero-order valence-corrected chi connectivity index (χ0v) is 15.7. The Morgan fingerprint density at radius 1 is 1.07 bits per heavy atom. The summed E-state index contributed by atoms with van der Waals surface area (Å²) < 4.78 is 13.3. The second-order valence-corrected chi connectivity index (χ2v) is 7.24. The molecule has 1 N–H and O–H groups in total. The van der Waals surface area contributed by atoms with Gasteiger partial charge in [0.1, 0.15) is 17.9 Å². The predicted molar refractivity (Wildman–Crippen MR) is 98.3 cm³/mol. The van der Waals surface area contributed by atoms with E-state index in [4.69, 9.17) is 0 Å². The van der Waals surface area contributed by atoms with E-state index in [1.165, 1.54) is 30.7 Å². The molecule has 0 aromatic heterocycles. The van der Waals surface area contributed by atoms with E-state index < -0.39 is 23.3 Å². The Balaban J connectivity index is 1.76. The Kier molecular flexibility index (Phi) is 5.77. The molecule has 0 radical (unpaired) electrons. The summed E-state index contributed by atoms with van der Waals surface area (Å²) in [4.78, 5) is 41.0. The summed E-state index contributed by atoms with van der Waals surface area (Å²) in [5.74, 6) is -1.07. The standard InChI is InChI=1S/C20H26FN3O3/c1-2-20(15-8-10-16(21)11-9-15)18(26)24(19(27)22-20)14-17(25)23-12-6-4-3-5-7-13-23/h8-11H,2-7,12-14H2,1H3,(H,22,27)/t20-/m1/s1. The fourth-order valence-electron chi connectivity index (χ4n) is 3.88. The van der Waals surface area contributed by atoms with Crippen LogP contribution in [0, 0.1) is 5.82 Å². The largest absolute Gasteiger partial charge is 0.341 e. The second kappa shape index (κ2) is 8.06. The number of carbonyl (C=O) groups excluding carboxylic acids is 3. The first-order chi connectivity index (χ1) is 13.0. The molecule has 4 amide bonds. The van der Waals surface area contributed by atoms with E-state index in [0.717, 1.165) is 30.6 Å². The molecule has 0 unspecified atom stereocenters. The van der Waals surface area contributed by atoms with Crippen molar-refractivity contribution in [2.24, 2.45) is 0 Å². The number of hydrogen-bond donors (Lipinski definition) is 1. The Bertz CT molecular complexity index is 714. The smallest absolute Gasteiger partial charge is 0.325 e. The number of halogens is 1. The quantitative estimate of drug-likeness (QED) is 0.823. The summed E-state index contributed by atoms with van der Waals surface area (Å²) in [6, 6.07) is 4.95. The molecule has 0 bridgehead atoms.